The fourth-order valence-electron chi connectivity index (χ4n) is 4.59. The van der Waals surface area contributed by atoms with E-state index in [2.05, 4.69) is 45.3 Å². The van der Waals surface area contributed by atoms with Crippen molar-refractivity contribution in [2.75, 3.05) is 51.2 Å². The van der Waals surface area contributed by atoms with Crippen molar-refractivity contribution in [1.29, 1.82) is 0 Å². The number of hydrogen-bond acceptors (Lipinski definition) is 5. The molecule has 4 rings (SSSR count). The van der Waals surface area contributed by atoms with E-state index in [1.165, 1.54) is 12.1 Å². The molecule has 0 saturated carbocycles. The number of carbonyl (C=O) groups is 1. The summed E-state index contributed by atoms with van der Waals surface area (Å²) in [6.07, 6.45) is 5.87. The van der Waals surface area contributed by atoms with Gasteiger partial charge in [-0.25, -0.2) is 0 Å². The third-order valence-corrected chi connectivity index (χ3v) is 6.50. The van der Waals surface area contributed by atoms with Crippen molar-refractivity contribution in [3.05, 3.63) is 53.9 Å². The topological polar surface area (TPSA) is 64.3 Å². The number of hydrogen-bond donors (Lipinski definition) is 1. The monoisotopic (exact) mass is 423 g/mol. The molecule has 0 radical (unpaired) electrons. The number of fused-ring (bicyclic) bond motifs is 1. The summed E-state index contributed by atoms with van der Waals surface area (Å²) >= 11 is 0. The highest BCUT2D eigenvalue weighted by atomic mass is 16.4. The van der Waals surface area contributed by atoms with E-state index in [-0.39, 0.29) is 5.91 Å². The van der Waals surface area contributed by atoms with Crippen LogP contribution < -0.4 is 4.90 Å². The van der Waals surface area contributed by atoms with Crippen LogP contribution in [0.3, 0.4) is 0 Å². The van der Waals surface area contributed by atoms with Crippen LogP contribution >= 0.6 is 0 Å². The van der Waals surface area contributed by atoms with E-state index >= 15 is 0 Å². The average molecular weight is 424 g/mol. The van der Waals surface area contributed by atoms with Gasteiger partial charge in [-0.15, -0.1) is 0 Å². The molecular weight excluding hydrogens is 390 g/mol. The number of amides is 1. The number of unbranched alkanes of at least 4 members (excludes halogenated alkanes) is 2. The van der Waals surface area contributed by atoms with Crippen molar-refractivity contribution in [2.45, 2.75) is 32.2 Å². The first-order chi connectivity index (χ1) is 15.2. The van der Waals surface area contributed by atoms with Gasteiger partial charge in [0, 0.05) is 70.2 Å². The first-order valence-corrected chi connectivity index (χ1v) is 11.4. The van der Waals surface area contributed by atoms with E-state index in [1.807, 2.05) is 16.8 Å². The Bertz CT molecular complexity index is 900. The summed E-state index contributed by atoms with van der Waals surface area (Å²) in [7, 11) is 1.81. The number of anilines is 1. The van der Waals surface area contributed by atoms with Gasteiger partial charge in [-0.1, -0.05) is 29.8 Å². The lowest BCUT2D eigenvalue weighted by molar-refractivity contribution is 0.0791. The summed E-state index contributed by atoms with van der Waals surface area (Å²) in [5.41, 5.74) is 3.35. The van der Waals surface area contributed by atoms with E-state index in [4.69, 9.17) is 0 Å². The van der Waals surface area contributed by atoms with E-state index in [0.717, 1.165) is 57.7 Å². The minimum atomic E-state index is 0.00920. The maximum Gasteiger partial charge on any atom is 0.270 e. The second kappa shape index (κ2) is 10.0. The van der Waals surface area contributed by atoms with E-state index in [1.54, 1.807) is 11.9 Å². The first-order valence-electron chi connectivity index (χ1n) is 11.4. The number of carbonyl (C=O) groups excluding carboxylic acids is 1. The highest BCUT2D eigenvalue weighted by Crippen LogP contribution is 2.21. The van der Waals surface area contributed by atoms with Gasteiger partial charge in [-0.2, -0.15) is 0 Å². The van der Waals surface area contributed by atoms with Gasteiger partial charge in [0.2, 0.25) is 0 Å². The van der Waals surface area contributed by atoms with E-state index in [9.17, 15) is 10.0 Å². The fraction of sp³-hybridized carbons (Fsp3) is 0.500. The molecule has 0 unspecified atom stereocenters. The van der Waals surface area contributed by atoms with Crippen molar-refractivity contribution >= 4 is 17.3 Å². The number of para-hydroxylation sites is 1. The van der Waals surface area contributed by atoms with Crippen LogP contribution in [0.15, 0.2) is 47.8 Å². The molecule has 1 saturated heterocycles. The number of aromatic nitrogens is 1. The summed E-state index contributed by atoms with van der Waals surface area (Å²) in [4.78, 5) is 19.5. The maximum absolute atomic E-state index is 12.8. The van der Waals surface area contributed by atoms with Crippen LogP contribution in [0.1, 0.15) is 41.7 Å². The largest absolute Gasteiger partial charge is 0.411 e. The number of piperazine rings is 1. The zero-order valence-corrected chi connectivity index (χ0v) is 18.4. The molecule has 0 atom stereocenters. The molecule has 0 aliphatic carbocycles. The minimum Gasteiger partial charge on any atom is -0.411 e. The zero-order chi connectivity index (χ0) is 21.6. The lowest BCUT2D eigenvalue weighted by Crippen LogP contribution is -2.46. The molecule has 1 fully saturated rings. The van der Waals surface area contributed by atoms with Crippen LogP contribution in [0.4, 0.5) is 5.69 Å². The van der Waals surface area contributed by atoms with Crippen LogP contribution in [0.25, 0.3) is 0 Å². The van der Waals surface area contributed by atoms with E-state index < -0.39 is 0 Å². The second-order valence-electron chi connectivity index (χ2n) is 8.52. The Morgan fingerprint density at radius 2 is 1.68 bits per heavy atom. The number of aryl methyl sites for hydroxylation is 1. The molecule has 0 spiro atoms. The van der Waals surface area contributed by atoms with Gasteiger partial charge in [0.25, 0.3) is 5.91 Å². The predicted molar refractivity (Wildman–Crippen MR) is 123 cm³/mol. The molecule has 31 heavy (non-hydrogen) atoms. The van der Waals surface area contributed by atoms with Crippen LogP contribution in [-0.4, -0.2) is 77.5 Å². The van der Waals surface area contributed by atoms with Gasteiger partial charge in [-0.3, -0.25) is 9.69 Å². The maximum atomic E-state index is 12.8. The Hall–Kier alpha value is -2.80. The highest BCUT2D eigenvalue weighted by molar-refractivity contribution is 6.11. The zero-order valence-electron chi connectivity index (χ0n) is 18.4. The lowest BCUT2D eigenvalue weighted by Gasteiger charge is -2.36. The molecule has 1 aromatic carbocycles. The van der Waals surface area contributed by atoms with Crippen molar-refractivity contribution in [3.8, 4) is 0 Å². The molecule has 0 bridgehead atoms. The van der Waals surface area contributed by atoms with Crippen LogP contribution in [0.5, 0.6) is 0 Å². The van der Waals surface area contributed by atoms with E-state index in [0.29, 0.717) is 24.4 Å². The van der Waals surface area contributed by atoms with Crippen LogP contribution in [0.2, 0.25) is 0 Å². The van der Waals surface area contributed by atoms with Crippen molar-refractivity contribution in [1.82, 2.24) is 14.4 Å². The lowest BCUT2D eigenvalue weighted by atomic mass is 10.1. The summed E-state index contributed by atoms with van der Waals surface area (Å²) in [6.45, 7) is 6.93. The Morgan fingerprint density at radius 3 is 2.42 bits per heavy atom. The van der Waals surface area contributed by atoms with Crippen LogP contribution in [-0.2, 0) is 6.54 Å². The number of benzene rings is 1. The van der Waals surface area contributed by atoms with Crippen LogP contribution in [0, 0.1) is 0 Å². The molecule has 1 amide bonds. The second-order valence-corrected chi connectivity index (χ2v) is 8.52. The highest BCUT2D eigenvalue weighted by Gasteiger charge is 2.27. The molecule has 2 aromatic rings. The third-order valence-electron chi connectivity index (χ3n) is 6.50. The molecule has 2 aliphatic heterocycles. The van der Waals surface area contributed by atoms with Crippen molar-refractivity contribution in [3.63, 3.8) is 0 Å². The number of nitrogens with zero attached hydrogens (tertiary/aromatic N) is 5. The van der Waals surface area contributed by atoms with Gasteiger partial charge in [0.15, 0.2) is 0 Å². The quantitative estimate of drug-likeness (QED) is 0.422. The van der Waals surface area contributed by atoms with Crippen molar-refractivity contribution in [2.24, 2.45) is 5.16 Å². The third kappa shape index (κ3) is 4.93. The smallest absolute Gasteiger partial charge is 0.270 e. The number of oxime groups is 1. The van der Waals surface area contributed by atoms with Gasteiger partial charge in [-0.05, 0) is 37.6 Å². The Morgan fingerprint density at radius 1 is 0.935 bits per heavy atom. The molecule has 1 N–H and O–H groups in total. The minimum absolute atomic E-state index is 0.00920. The fourth-order valence-corrected chi connectivity index (χ4v) is 4.59. The molecule has 7 nitrogen and oxygen atoms in total. The predicted octanol–water partition coefficient (Wildman–Crippen LogP) is 3.13. The molecule has 3 heterocycles. The molecule has 2 aliphatic rings. The van der Waals surface area contributed by atoms with Crippen molar-refractivity contribution < 1.29 is 10.0 Å². The number of rotatable bonds is 7. The molecule has 166 valence electrons. The molecular formula is C24H33N5O2. The summed E-state index contributed by atoms with van der Waals surface area (Å²) in [5.74, 6) is 0.00920. The Labute approximate surface area is 184 Å². The van der Waals surface area contributed by atoms with Gasteiger partial charge in [0.1, 0.15) is 5.69 Å². The average Bonchev–Trinajstić information content (AvgIpc) is 3.18. The summed E-state index contributed by atoms with van der Waals surface area (Å²) < 4.78 is 2.03. The standard InChI is InChI=1S/C24H33N5O2/c1-26-14-11-22(25-31)21-10-15-29(23(21)24(26)30)13-7-3-6-12-27-16-18-28(19-17-27)20-8-4-2-5-9-20/h2,4-5,8-10,15,31H,3,6-7,11-14,16-19H2,1H3/b25-22-. The Kier molecular flexibility index (Phi) is 6.92. The molecule has 7 heteroatoms. The summed E-state index contributed by atoms with van der Waals surface area (Å²) in [5, 5.41) is 12.8. The normalized spacial score (nSPS) is 19.0. The van der Waals surface area contributed by atoms with Gasteiger partial charge >= 0.3 is 0 Å². The summed E-state index contributed by atoms with van der Waals surface area (Å²) in [6, 6.07) is 12.6. The molecule has 1 aromatic heterocycles. The van der Waals surface area contributed by atoms with Gasteiger partial charge in [0.05, 0.1) is 5.71 Å². The Balaban J connectivity index is 1.22. The van der Waals surface area contributed by atoms with Gasteiger partial charge < -0.3 is 19.6 Å². The SMILES string of the molecule is CN1CC/C(=N/O)c2ccn(CCCCCN3CCN(c4ccccc4)CC3)c2C1=O. The first kappa shape index (κ1) is 21.4.